The van der Waals surface area contributed by atoms with Crippen LogP contribution in [0.15, 0.2) is 41.0 Å². The summed E-state index contributed by atoms with van der Waals surface area (Å²) in [4.78, 5) is 14.7. The number of carboxylic acids is 1. The Kier molecular flexibility index (Phi) is 4.57. The van der Waals surface area contributed by atoms with Crippen LogP contribution < -0.4 is 9.47 Å². The third kappa shape index (κ3) is 3.48. The largest absolute Gasteiger partial charge is 0.497 e. The Hall–Kier alpha value is -2.08. The number of rotatable bonds is 5. The van der Waals surface area contributed by atoms with Crippen molar-refractivity contribution >= 4 is 21.9 Å². The van der Waals surface area contributed by atoms with Crippen molar-refractivity contribution in [2.75, 3.05) is 7.11 Å². The van der Waals surface area contributed by atoms with Crippen LogP contribution in [0, 0.1) is 0 Å². The second kappa shape index (κ2) is 6.38. The maximum Gasteiger partial charge on any atom is 0.354 e. The lowest BCUT2D eigenvalue weighted by Crippen LogP contribution is -2.02. The van der Waals surface area contributed by atoms with Gasteiger partial charge in [-0.05, 0) is 45.8 Å². The van der Waals surface area contributed by atoms with Crippen molar-refractivity contribution in [1.29, 1.82) is 0 Å². The monoisotopic (exact) mass is 337 g/mol. The van der Waals surface area contributed by atoms with Crippen LogP contribution in [0.1, 0.15) is 16.1 Å². The smallest absolute Gasteiger partial charge is 0.354 e. The first-order chi connectivity index (χ1) is 9.60. The highest BCUT2D eigenvalue weighted by molar-refractivity contribution is 9.10. The van der Waals surface area contributed by atoms with Gasteiger partial charge in [0.15, 0.2) is 5.75 Å². The minimum atomic E-state index is -1.08. The standard InChI is InChI=1S/C14H12BrNO4/c1-19-10-4-2-9(3-5-10)8-20-12-7-6-11(14(17)18)16-13(12)15/h2-7H,8H2,1H3,(H,17,18). The number of hydrogen-bond acceptors (Lipinski definition) is 4. The highest BCUT2D eigenvalue weighted by atomic mass is 79.9. The molecule has 0 unspecified atom stereocenters. The van der Waals surface area contributed by atoms with E-state index in [0.29, 0.717) is 17.0 Å². The topological polar surface area (TPSA) is 68.7 Å². The van der Waals surface area contributed by atoms with E-state index in [1.54, 1.807) is 13.2 Å². The van der Waals surface area contributed by atoms with Crippen molar-refractivity contribution in [2.45, 2.75) is 6.61 Å². The Labute approximate surface area is 124 Å². The first-order valence-corrected chi connectivity index (χ1v) is 6.55. The molecule has 2 aromatic rings. The Morgan fingerprint density at radius 2 is 1.95 bits per heavy atom. The van der Waals surface area contributed by atoms with Gasteiger partial charge in [0.1, 0.15) is 22.7 Å². The van der Waals surface area contributed by atoms with Gasteiger partial charge in [0.25, 0.3) is 0 Å². The van der Waals surface area contributed by atoms with Gasteiger partial charge in [0.05, 0.1) is 7.11 Å². The zero-order valence-electron chi connectivity index (χ0n) is 10.7. The van der Waals surface area contributed by atoms with Crippen LogP contribution in [0.4, 0.5) is 0 Å². The van der Waals surface area contributed by atoms with Crippen LogP contribution >= 0.6 is 15.9 Å². The van der Waals surface area contributed by atoms with Gasteiger partial charge in [-0.3, -0.25) is 0 Å². The third-order valence-electron chi connectivity index (χ3n) is 2.59. The molecule has 6 heteroatoms. The van der Waals surface area contributed by atoms with Gasteiger partial charge < -0.3 is 14.6 Å². The van der Waals surface area contributed by atoms with E-state index in [-0.39, 0.29) is 5.69 Å². The van der Waals surface area contributed by atoms with E-state index in [1.807, 2.05) is 24.3 Å². The average Bonchev–Trinajstić information content (AvgIpc) is 2.46. The Morgan fingerprint density at radius 1 is 1.25 bits per heavy atom. The van der Waals surface area contributed by atoms with E-state index in [4.69, 9.17) is 14.6 Å². The molecule has 104 valence electrons. The summed E-state index contributed by atoms with van der Waals surface area (Å²) in [6.45, 7) is 0.358. The number of methoxy groups -OCH3 is 1. The van der Waals surface area contributed by atoms with Gasteiger partial charge in [0, 0.05) is 0 Å². The van der Waals surface area contributed by atoms with Crippen molar-refractivity contribution in [3.8, 4) is 11.5 Å². The van der Waals surface area contributed by atoms with Crippen molar-refractivity contribution in [3.05, 3.63) is 52.3 Å². The molecule has 0 aliphatic carbocycles. The molecule has 0 atom stereocenters. The Bertz CT molecular complexity index is 613. The fourth-order valence-electron chi connectivity index (χ4n) is 1.53. The molecular weight excluding hydrogens is 326 g/mol. The Balaban J connectivity index is 2.04. The summed E-state index contributed by atoms with van der Waals surface area (Å²) in [5.74, 6) is 0.195. The maximum atomic E-state index is 10.8. The molecule has 0 radical (unpaired) electrons. The van der Waals surface area contributed by atoms with Crippen LogP contribution in [0.3, 0.4) is 0 Å². The molecule has 1 N–H and O–H groups in total. The number of hydrogen-bond donors (Lipinski definition) is 1. The fraction of sp³-hybridized carbons (Fsp3) is 0.143. The second-order valence-electron chi connectivity index (χ2n) is 3.93. The molecule has 0 spiro atoms. The van der Waals surface area contributed by atoms with Gasteiger partial charge >= 0.3 is 5.97 Å². The quantitative estimate of drug-likeness (QED) is 0.849. The summed E-state index contributed by atoms with van der Waals surface area (Å²) < 4.78 is 11.0. The number of ether oxygens (including phenoxy) is 2. The van der Waals surface area contributed by atoms with Crippen LogP contribution in [0.2, 0.25) is 0 Å². The highest BCUT2D eigenvalue weighted by Gasteiger charge is 2.09. The van der Waals surface area contributed by atoms with Gasteiger partial charge in [0.2, 0.25) is 0 Å². The first-order valence-electron chi connectivity index (χ1n) is 5.75. The molecule has 0 fully saturated rings. The number of nitrogens with zero attached hydrogens (tertiary/aromatic N) is 1. The number of halogens is 1. The number of aromatic nitrogens is 1. The molecule has 5 nitrogen and oxygen atoms in total. The van der Waals surface area contributed by atoms with E-state index in [9.17, 15) is 4.79 Å². The lowest BCUT2D eigenvalue weighted by atomic mass is 10.2. The summed E-state index contributed by atoms with van der Waals surface area (Å²) in [6, 6.07) is 10.5. The van der Waals surface area contributed by atoms with Crippen molar-refractivity contribution < 1.29 is 19.4 Å². The van der Waals surface area contributed by atoms with Crippen molar-refractivity contribution in [1.82, 2.24) is 4.98 Å². The van der Waals surface area contributed by atoms with E-state index in [2.05, 4.69) is 20.9 Å². The number of pyridine rings is 1. The minimum absolute atomic E-state index is 0.0336. The summed E-state index contributed by atoms with van der Waals surface area (Å²) in [7, 11) is 1.61. The van der Waals surface area contributed by atoms with E-state index >= 15 is 0 Å². The molecule has 1 aromatic heterocycles. The van der Waals surface area contributed by atoms with Gasteiger partial charge in [-0.15, -0.1) is 0 Å². The lowest BCUT2D eigenvalue weighted by Gasteiger charge is -2.08. The normalized spacial score (nSPS) is 10.1. The molecule has 2 rings (SSSR count). The van der Waals surface area contributed by atoms with Crippen LogP contribution in [0.25, 0.3) is 0 Å². The number of aromatic carboxylic acids is 1. The fourth-order valence-corrected chi connectivity index (χ4v) is 1.97. The number of benzene rings is 1. The SMILES string of the molecule is COc1ccc(COc2ccc(C(=O)O)nc2Br)cc1. The predicted molar refractivity (Wildman–Crippen MR) is 76.2 cm³/mol. The van der Waals surface area contributed by atoms with E-state index in [1.165, 1.54) is 6.07 Å². The highest BCUT2D eigenvalue weighted by Crippen LogP contribution is 2.24. The molecule has 0 saturated heterocycles. The Morgan fingerprint density at radius 3 is 2.50 bits per heavy atom. The van der Waals surface area contributed by atoms with Gasteiger partial charge in [-0.2, -0.15) is 0 Å². The second-order valence-corrected chi connectivity index (χ2v) is 4.68. The zero-order valence-corrected chi connectivity index (χ0v) is 12.3. The molecule has 20 heavy (non-hydrogen) atoms. The lowest BCUT2D eigenvalue weighted by molar-refractivity contribution is 0.0690. The molecule has 1 aromatic carbocycles. The van der Waals surface area contributed by atoms with Crippen molar-refractivity contribution in [2.24, 2.45) is 0 Å². The van der Waals surface area contributed by atoms with E-state index < -0.39 is 5.97 Å². The summed E-state index contributed by atoms with van der Waals surface area (Å²) in [6.07, 6.45) is 0. The van der Waals surface area contributed by atoms with Gasteiger partial charge in [-0.25, -0.2) is 9.78 Å². The zero-order chi connectivity index (χ0) is 14.5. The van der Waals surface area contributed by atoms with Crippen molar-refractivity contribution in [3.63, 3.8) is 0 Å². The number of carboxylic acid groups (broad SMARTS) is 1. The average molecular weight is 338 g/mol. The molecular formula is C14H12BrNO4. The maximum absolute atomic E-state index is 10.8. The number of carbonyl (C=O) groups is 1. The summed E-state index contributed by atoms with van der Waals surface area (Å²) >= 11 is 3.19. The van der Waals surface area contributed by atoms with Crippen LogP contribution in [-0.2, 0) is 6.61 Å². The molecule has 1 heterocycles. The molecule has 0 aliphatic heterocycles. The predicted octanol–water partition coefficient (Wildman–Crippen LogP) is 3.13. The van der Waals surface area contributed by atoms with E-state index in [0.717, 1.165) is 11.3 Å². The van der Waals surface area contributed by atoms with Crippen LogP contribution in [-0.4, -0.2) is 23.2 Å². The van der Waals surface area contributed by atoms with Crippen LogP contribution in [0.5, 0.6) is 11.5 Å². The minimum Gasteiger partial charge on any atom is -0.497 e. The molecule has 0 aliphatic rings. The summed E-state index contributed by atoms with van der Waals surface area (Å²) in [5.41, 5.74) is 0.939. The molecule has 0 amide bonds. The third-order valence-corrected chi connectivity index (χ3v) is 3.16. The van der Waals surface area contributed by atoms with Gasteiger partial charge in [-0.1, -0.05) is 12.1 Å². The molecule has 0 saturated carbocycles. The first kappa shape index (κ1) is 14.3. The molecule has 0 bridgehead atoms. The summed E-state index contributed by atoms with van der Waals surface area (Å²) in [5, 5.41) is 8.82.